The van der Waals surface area contributed by atoms with Crippen molar-refractivity contribution in [2.45, 2.75) is 40.0 Å². The molecule has 0 saturated carbocycles. The maximum absolute atomic E-state index is 11.1. The molecule has 2 aromatic heterocycles. The molecule has 5 heteroatoms. The smallest absolute Gasteiger partial charge is 0.341 e. The summed E-state index contributed by atoms with van der Waals surface area (Å²) in [7, 11) is 0. The van der Waals surface area contributed by atoms with Gasteiger partial charge in [-0.15, -0.1) is 0 Å². The van der Waals surface area contributed by atoms with E-state index in [0.29, 0.717) is 5.65 Å². The normalized spacial score (nSPS) is 11.1. The summed E-state index contributed by atoms with van der Waals surface area (Å²) < 4.78 is 1.63. The molecular formula is C13H17N3O2. The summed E-state index contributed by atoms with van der Waals surface area (Å²) in [6, 6.07) is 0. The molecule has 2 aromatic rings. The molecule has 0 aliphatic carbocycles. The molecule has 0 aliphatic heterocycles. The van der Waals surface area contributed by atoms with Gasteiger partial charge in [-0.05, 0) is 32.3 Å². The average molecular weight is 247 g/mol. The molecule has 18 heavy (non-hydrogen) atoms. The van der Waals surface area contributed by atoms with Gasteiger partial charge in [-0.3, -0.25) is 0 Å². The molecule has 0 saturated heterocycles. The third-order valence-corrected chi connectivity index (χ3v) is 3.22. The van der Waals surface area contributed by atoms with E-state index in [2.05, 4.69) is 17.0 Å². The van der Waals surface area contributed by atoms with Crippen molar-refractivity contribution < 1.29 is 9.90 Å². The highest BCUT2D eigenvalue weighted by Gasteiger charge is 2.16. The number of nitrogens with zero attached hydrogens (tertiary/aromatic N) is 3. The quantitative estimate of drug-likeness (QED) is 0.900. The fourth-order valence-electron chi connectivity index (χ4n) is 2.18. The molecule has 0 aliphatic rings. The van der Waals surface area contributed by atoms with Crippen molar-refractivity contribution in [1.82, 2.24) is 14.6 Å². The van der Waals surface area contributed by atoms with Gasteiger partial charge in [0.25, 0.3) is 0 Å². The first-order valence-electron chi connectivity index (χ1n) is 6.13. The van der Waals surface area contributed by atoms with Crippen LogP contribution in [-0.2, 0) is 6.42 Å². The van der Waals surface area contributed by atoms with Crippen molar-refractivity contribution in [3.63, 3.8) is 0 Å². The lowest BCUT2D eigenvalue weighted by Gasteiger charge is -2.10. The molecule has 0 aromatic carbocycles. The molecule has 2 heterocycles. The number of hydrogen-bond donors (Lipinski definition) is 1. The van der Waals surface area contributed by atoms with Crippen LogP contribution >= 0.6 is 0 Å². The number of rotatable bonds is 4. The standard InChI is InChI=1S/C13H17N3O2/c1-4-5-6-10-8(2)15-12-11(13(17)18)7-14-16(12)9(10)3/h7H,4-6H2,1-3H3,(H,17,18). The first-order valence-corrected chi connectivity index (χ1v) is 6.13. The zero-order valence-corrected chi connectivity index (χ0v) is 10.9. The van der Waals surface area contributed by atoms with Gasteiger partial charge in [0.2, 0.25) is 0 Å². The maximum atomic E-state index is 11.1. The summed E-state index contributed by atoms with van der Waals surface area (Å²) in [5.74, 6) is -0.988. The Hall–Kier alpha value is -1.91. The summed E-state index contributed by atoms with van der Waals surface area (Å²) in [6.07, 6.45) is 4.54. The van der Waals surface area contributed by atoms with Crippen LogP contribution in [0.1, 0.15) is 47.1 Å². The van der Waals surface area contributed by atoms with Gasteiger partial charge >= 0.3 is 5.97 Å². The molecule has 0 spiro atoms. The van der Waals surface area contributed by atoms with Crippen molar-refractivity contribution in [3.05, 3.63) is 28.7 Å². The fraction of sp³-hybridized carbons (Fsp3) is 0.462. The Bertz CT molecular complexity index is 602. The SMILES string of the molecule is CCCCc1c(C)nc2c(C(=O)O)cnn2c1C. The number of aryl methyl sites for hydroxylation is 2. The molecule has 0 fully saturated rings. The summed E-state index contributed by atoms with van der Waals surface area (Å²) in [6.45, 7) is 6.04. The first kappa shape index (κ1) is 12.5. The summed E-state index contributed by atoms with van der Waals surface area (Å²) in [5, 5.41) is 13.2. The molecule has 5 nitrogen and oxygen atoms in total. The van der Waals surface area contributed by atoms with Crippen LogP contribution in [0.3, 0.4) is 0 Å². The predicted octanol–water partition coefficient (Wildman–Crippen LogP) is 2.39. The molecular weight excluding hydrogens is 230 g/mol. The van der Waals surface area contributed by atoms with Crippen molar-refractivity contribution in [1.29, 1.82) is 0 Å². The van der Waals surface area contributed by atoms with E-state index in [1.807, 2.05) is 13.8 Å². The second-order valence-corrected chi connectivity index (χ2v) is 4.46. The molecule has 0 amide bonds. The van der Waals surface area contributed by atoms with Gasteiger partial charge in [0.05, 0.1) is 6.20 Å². The van der Waals surface area contributed by atoms with Gasteiger partial charge in [-0.1, -0.05) is 13.3 Å². The minimum absolute atomic E-state index is 0.156. The third kappa shape index (κ3) is 1.96. The lowest BCUT2D eigenvalue weighted by molar-refractivity contribution is 0.0699. The number of unbranched alkanes of at least 4 members (excludes halogenated alkanes) is 1. The van der Waals surface area contributed by atoms with Crippen LogP contribution in [0, 0.1) is 13.8 Å². The Kier molecular flexibility index (Phi) is 3.32. The Balaban J connectivity index is 2.61. The van der Waals surface area contributed by atoms with Crippen LogP contribution in [0.15, 0.2) is 6.20 Å². The van der Waals surface area contributed by atoms with Crippen molar-refractivity contribution in [3.8, 4) is 0 Å². The van der Waals surface area contributed by atoms with Crippen LogP contribution in [0.5, 0.6) is 0 Å². The van der Waals surface area contributed by atoms with Gasteiger partial charge in [0.1, 0.15) is 5.56 Å². The van der Waals surface area contributed by atoms with Gasteiger partial charge in [-0.2, -0.15) is 5.10 Å². The summed E-state index contributed by atoms with van der Waals surface area (Å²) in [5.41, 5.74) is 3.64. The molecule has 0 bridgehead atoms. The van der Waals surface area contributed by atoms with Crippen LogP contribution in [0.25, 0.3) is 5.65 Å². The second-order valence-electron chi connectivity index (χ2n) is 4.46. The number of aromatic nitrogens is 3. The molecule has 2 rings (SSSR count). The van der Waals surface area contributed by atoms with Crippen LogP contribution < -0.4 is 0 Å². The molecule has 0 radical (unpaired) electrons. The van der Waals surface area contributed by atoms with E-state index in [0.717, 1.165) is 30.7 Å². The Labute approximate surface area is 105 Å². The van der Waals surface area contributed by atoms with E-state index in [-0.39, 0.29) is 5.56 Å². The van der Waals surface area contributed by atoms with E-state index in [1.54, 1.807) is 4.52 Å². The number of carboxylic acids is 1. The monoisotopic (exact) mass is 247 g/mol. The number of carbonyl (C=O) groups is 1. The highest BCUT2D eigenvalue weighted by Crippen LogP contribution is 2.18. The number of aromatic carboxylic acids is 1. The summed E-state index contributed by atoms with van der Waals surface area (Å²) in [4.78, 5) is 15.5. The Morgan fingerprint density at radius 1 is 1.44 bits per heavy atom. The zero-order chi connectivity index (χ0) is 13.3. The molecule has 0 unspecified atom stereocenters. The van der Waals surface area contributed by atoms with E-state index in [1.165, 1.54) is 11.8 Å². The lowest BCUT2D eigenvalue weighted by Crippen LogP contribution is -2.07. The average Bonchev–Trinajstić information content (AvgIpc) is 2.72. The molecule has 1 N–H and O–H groups in total. The van der Waals surface area contributed by atoms with E-state index in [9.17, 15) is 4.79 Å². The van der Waals surface area contributed by atoms with Crippen LogP contribution in [-0.4, -0.2) is 25.7 Å². The number of hydrogen-bond acceptors (Lipinski definition) is 3. The molecule has 0 atom stereocenters. The Morgan fingerprint density at radius 3 is 2.78 bits per heavy atom. The minimum Gasteiger partial charge on any atom is -0.477 e. The van der Waals surface area contributed by atoms with Gasteiger partial charge in [0, 0.05) is 11.4 Å². The van der Waals surface area contributed by atoms with Gasteiger partial charge < -0.3 is 5.11 Å². The predicted molar refractivity (Wildman–Crippen MR) is 68.0 cm³/mol. The van der Waals surface area contributed by atoms with Crippen LogP contribution in [0.4, 0.5) is 0 Å². The topological polar surface area (TPSA) is 67.5 Å². The fourth-order valence-corrected chi connectivity index (χ4v) is 2.18. The van der Waals surface area contributed by atoms with Crippen molar-refractivity contribution in [2.24, 2.45) is 0 Å². The zero-order valence-electron chi connectivity index (χ0n) is 10.9. The van der Waals surface area contributed by atoms with Gasteiger partial charge in [-0.25, -0.2) is 14.3 Å². The van der Waals surface area contributed by atoms with Crippen LogP contribution in [0.2, 0.25) is 0 Å². The largest absolute Gasteiger partial charge is 0.477 e. The molecule has 96 valence electrons. The highest BCUT2D eigenvalue weighted by molar-refractivity contribution is 5.94. The van der Waals surface area contributed by atoms with Crippen molar-refractivity contribution >= 4 is 11.6 Å². The lowest BCUT2D eigenvalue weighted by atomic mass is 10.1. The van der Waals surface area contributed by atoms with E-state index < -0.39 is 5.97 Å². The number of carboxylic acid groups (broad SMARTS) is 1. The van der Waals surface area contributed by atoms with Crippen molar-refractivity contribution in [2.75, 3.05) is 0 Å². The minimum atomic E-state index is -0.988. The number of fused-ring (bicyclic) bond motifs is 1. The third-order valence-electron chi connectivity index (χ3n) is 3.22. The van der Waals surface area contributed by atoms with E-state index in [4.69, 9.17) is 5.11 Å². The Morgan fingerprint density at radius 2 is 2.17 bits per heavy atom. The van der Waals surface area contributed by atoms with E-state index >= 15 is 0 Å². The van der Waals surface area contributed by atoms with Gasteiger partial charge in [0.15, 0.2) is 5.65 Å². The maximum Gasteiger partial charge on any atom is 0.341 e. The second kappa shape index (κ2) is 4.76. The summed E-state index contributed by atoms with van der Waals surface area (Å²) >= 11 is 0. The first-order chi connectivity index (χ1) is 8.56. The highest BCUT2D eigenvalue weighted by atomic mass is 16.4.